The molecule has 9 heteroatoms. The molecule has 0 spiro atoms. The van der Waals surface area contributed by atoms with Crippen LogP contribution >= 0.6 is 0 Å². The third-order valence-corrected chi connectivity index (χ3v) is 9.63. The highest BCUT2D eigenvalue weighted by atomic mass is 16.6. The third-order valence-electron chi connectivity index (χ3n) is 9.63. The molecule has 0 bridgehead atoms. The molecular formula is C37H42N4O5. The SMILES string of the molecule is COC(=O)C1C(C)=NC(C)=C(N(C=O)CCCCN2CCC(c3ccccc3)(c3ccccc3)CC2)C1c1ccc([N+](=O)[O-])cc1. The first-order valence-corrected chi connectivity index (χ1v) is 15.9. The van der Waals surface area contributed by atoms with E-state index in [4.69, 9.17) is 4.74 Å². The Morgan fingerprint density at radius 2 is 1.57 bits per heavy atom. The zero-order valence-electron chi connectivity index (χ0n) is 26.8. The van der Waals surface area contributed by atoms with E-state index in [1.807, 2.05) is 6.92 Å². The van der Waals surface area contributed by atoms with Gasteiger partial charge < -0.3 is 14.5 Å². The molecule has 240 valence electrons. The number of methoxy groups -OCH3 is 1. The van der Waals surface area contributed by atoms with E-state index < -0.39 is 22.7 Å². The number of benzene rings is 3. The van der Waals surface area contributed by atoms with Crippen molar-refractivity contribution in [3.05, 3.63) is 123 Å². The van der Waals surface area contributed by atoms with E-state index in [1.54, 1.807) is 24.0 Å². The largest absolute Gasteiger partial charge is 0.468 e. The number of hydrogen-bond donors (Lipinski definition) is 0. The summed E-state index contributed by atoms with van der Waals surface area (Å²) >= 11 is 0. The molecule has 5 rings (SSSR count). The molecule has 0 radical (unpaired) electrons. The van der Waals surface area contributed by atoms with Gasteiger partial charge in [-0.25, -0.2) is 0 Å². The Balaban J connectivity index is 1.27. The predicted molar refractivity (Wildman–Crippen MR) is 178 cm³/mol. The van der Waals surface area contributed by atoms with Gasteiger partial charge in [-0.3, -0.25) is 24.7 Å². The van der Waals surface area contributed by atoms with Crippen molar-refractivity contribution in [2.45, 2.75) is 50.9 Å². The maximum atomic E-state index is 13.0. The van der Waals surface area contributed by atoms with Crippen LogP contribution in [0.15, 0.2) is 101 Å². The van der Waals surface area contributed by atoms with Crippen LogP contribution in [0.1, 0.15) is 62.1 Å². The zero-order chi connectivity index (χ0) is 32.7. The molecule has 3 aromatic carbocycles. The van der Waals surface area contributed by atoms with Crippen LogP contribution < -0.4 is 0 Å². The van der Waals surface area contributed by atoms with Gasteiger partial charge in [0.1, 0.15) is 5.92 Å². The van der Waals surface area contributed by atoms with E-state index in [2.05, 4.69) is 70.6 Å². The molecule has 2 unspecified atom stereocenters. The topological polar surface area (TPSA) is 105 Å². The fraction of sp³-hybridized carbons (Fsp3) is 0.378. The van der Waals surface area contributed by atoms with Crippen molar-refractivity contribution < 1.29 is 19.2 Å². The summed E-state index contributed by atoms with van der Waals surface area (Å²) in [4.78, 5) is 45.2. The number of nitro groups is 1. The quantitative estimate of drug-likeness (QED) is 0.0751. The highest BCUT2D eigenvalue weighted by Crippen LogP contribution is 2.43. The number of rotatable bonds is 12. The molecule has 0 N–H and O–H groups in total. The van der Waals surface area contributed by atoms with Crippen molar-refractivity contribution in [3.63, 3.8) is 0 Å². The van der Waals surface area contributed by atoms with Crippen LogP contribution in [-0.4, -0.2) is 66.1 Å². The Kier molecular flexibility index (Phi) is 10.4. The molecule has 2 heterocycles. The van der Waals surface area contributed by atoms with Gasteiger partial charge in [-0.15, -0.1) is 0 Å². The van der Waals surface area contributed by atoms with Crippen molar-refractivity contribution in [1.29, 1.82) is 0 Å². The molecule has 3 aromatic rings. The predicted octanol–water partition coefficient (Wildman–Crippen LogP) is 6.49. The first-order valence-electron chi connectivity index (χ1n) is 15.9. The maximum Gasteiger partial charge on any atom is 0.315 e. The lowest BCUT2D eigenvalue weighted by molar-refractivity contribution is -0.384. The summed E-state index contributed by atoms with van der Waals surface area (Å²) in [7, 11) is 1.33. The number of non-ortho nitro benzene ring substituents is 1. The summed E-state index contributed by atoms with van der Waals surface area (Å²) < 4.78 is 5.14. The molecule has 1 saturated heterocycles. The van der Waals surface area contributed by atoms with Crippen molar-refractivity contribution in [2.24, 2.45) is 10.9 Å². The van der Waals surface area contributed by atoms with E-state index in [-0.39, 0.29) is 11.1 Å². The third kappa shape index (κ3) is 6.79. The van der Waals surface area contributed by atoms with E-state index in [0.29, 0.717) is 29.2 Å². The molecule has 46 heavy (non-hydrogen) atoms. The van der Waals surface area contributed by atoms with Crippen molar-refractivity contribution in [3.8, 4) is 0 Å². The van der Waals surface area contributed by atoms with Crippen LogP contribution in [0.4, 0.5) is 5.69 Å². The van der Waals surface area contributed by atoms with Gasteiger partial charge in [0.05, 0.1) is 23.4 Å². The number of nitrogens with zero attached hydrogens (tertiary/aromatic N) is 4. The van der Waals surface area contributed by atoms with Gasteiger partial charge >= 0.3 is 5.97 Å². The zero-order valence-corrected chi connectivity index (χ0v) is 26.8. The number of likely N-dealkylation sites (tertiary alicyclic amines) is 1. The monoisotopic (exact) mass is 622 g/mol. The van der Waals surface area contributed by atoms with Crippen LogP contribution in [0.5, 0.6) is 0 Å². The second kappa shape index (κ2) is 14.6. The number of esters is 1. The number of piperidine rings is 1. The van der Waals surface area contributed by atoms with Gasteiger partial charge in [0.15, 0.2) is 0 Å². The average molecular weight is 623 g/mol. The van der Waals surface area contributed by atoms with E-state index in [0.717, 1.165) is 51.7 Å². The molecule has 0 aliphatic carbocycles. The Bertz CT molecular complexity index is 1540. The van der Waals surface area contributed by atoms with Gasteiger partial charge in [-0.2, -0.15) is 0 Å². The van der Waals surface area contributed by atoms with Crippen molar-refractivity contribution in [2.75, 3.05) is 33.3 Å². The number of amides is 1. The number of ether oxygens (including phenoxy) is 1. The lowest BCUT2D eigenvalue weighted by Crippen LogP contribution is -2.43. The smallest absolute Gasteiger partial charge is 0.315 e. The fourth-order valence-electron chi connectivity index (χ4n) is 7.25. The summed E-state index contributed by atoms with van der Waals surface area (Å²) in [5, 5.41) is 11.3. The number of allylic oxidation sites excluding steroid dienone is 2. The second-order valence-electron chi connectivity index (χ2n) is 12.2. The summed E-state index contributed by atoms with van der Waals surface area (Å²) in [5.74, 6) is -1.79. The van der Waals surface area contributed by atoms with Crippen LogP contribution in [0.2, 0.25) is 0 Å². The first-order chi connectivity index (χ1) is 22.3. The molecule has 1 fully saturated rings. The van der Waals surface area contributed by atoms with Crippen LogP contribution in [0.3, 0.4) is 0 Å². The fourth-order valence-corrected chi connectivity index (χ4v) is 7.25. The van der Waals surface area contributed by atoms with Crippen molar-refractivity contribution in [1.82, 2.24) is 9.80 Å². The van der Waals surface area contributed by atoms with Crippen LogP contribution in [0.25, 0.3) is 0 Å². The molecule has 1 amide bonds. The second-order valence-corrected chi connectivity index (χ2v) is 12.2. The number of hydrogen-bond acceptors (Lipinski definition) is 7. The standard InChI is InChI=1S/C37H42N4O5/c1-27-33(36(43)46-3)34(29-16-18-32(19-17-29)41(44)45)35(28(2)38-27)40(26-42)23-11-10-22-39-24-20-37(21-25-39,30-12-6-4-7-13-30)31-14-8-5-9-15-31/h4-9,12-19,26,33-34H,10-11,20-25H2,1-3H3. The molecule has 2 atom stereocenters. The average Bonchev–Trinajstić information content (AvgIpc) is 3.09. The van der Waals surface area contributed by atoms with E-state index >= 15 is 0 Å². The van der Waals surface area contributed by atoms with Gasteiger partial charge in [-0.05, 0) is 75.9 Å². The Labute approximate surface area is 270 Å². The van der Waals surface area contributed by atoms with Crippen LogP contribution in [-0.2, 0) is 19.7 Å². The Morgan fingerprint density at radius 3 is 2.09 bits per heavy atom. The van der Waals surface area contributed by atoms with E-state index in [9.17, 15) is 19.7 Å². The van der Waals surface area contributed by atoms with Crippen molar-refractivity contribution >= 4 is 23.8 Å². The first kappa shape index (κ1) is 32.8. The maximum absolute atomic E-state index is 13.0. The molecule has 0 saturated carbocycles. The molecular weight excluding hydrogens is 580 g/mol. The van der Waals surface area contributed by atoms with Gasteiger partial charge in [-0.1, -0.05) is 72.8 Å². The molecule has 0 aromatic heterocycles. The number of carbonyl (C=O) groups is 2. The molecule has 9 nitrogen and oxygen atoms in total. The van der Waals surface area contributed by atoms with Gasteiger partial charge in [0.2, 0.25) is 6.41 Å². The lowest BCUT2D eigenvalue weighted by Gasteiger charge is -2.43. The molecule has 2 aliphatic heterocycles. The minimum atomic E-state index is -0.754. The molecule has 2 aliphatic rings. The Morgan fingerprint density at radius 1 is 0.978 bits per heavy atom. The van der Waals surface area contributed by atoms with Crippen LogP contribution in [0, 0.1) is 16.0 Å². The minimum absolute atomic E-state index is 0.0000280. The van der Waals surface area contributed by atoms with Gasteiger partial charge in [0, 0.05) is 35.7 Å². The minimum Gasteiger partial charge on any atom is -0.468 e. The summed E-state index contributed by atoms with van der Waals surface area (Å²) in [6.07, 6.45) is 4.56. The van der Waals surface area contributed by atoms with E-state index in [1.165, 1.54) is 30.4 Å². The normalized spacial score (nSPS) is 19.7. The number of unbranched alkanes of at least 4 members (excludes halogenated alkanes) is 1. The Hall–Kier alpha value is -4.63. The van der Waals surface area contributed by atoms with Gasteiger partial charge in [0.25, 0.3) is 5.69 Å². The summed E-state index contributed by atoms with van der Waals surface area (Å²) in [6.45, 7) is 6.98. The highest BCUT2D eigenvalue weighted by Gasteiger charge is 2.41. The summed E-state index contributed by atoms with van der Waals surface area (Å²) in [6, 6.07) is 27.8. The number of carbonyl (C=O) groups excluding carboxylic acids is 2. The number of aliphatic imine (C=N–C) groups is 1. The summed E-state index contributed by atoms with van der Waals surface area (Å²) in [5.41, 5.74) is 5.21. The number of nitro benzene ring substituents is 1. The lowest BCUT2D eigenvalue weighted by atomic mass is 9.68. The highest BCUT2D eigenvalue weighted by molar-refractivity contribution is 6.03.